The summed E-state index contributed by atoms with van der Waals surface area (Å²) in [6.07, 6.45) is 17.1. The van der Waals surface area contributed by atoms with Crippen molar-refractivity contribution in [1.82, 2.24) is 42.5 Å². The van der Waals surface area contributed by atoms with Crippen LogP contribution in [0.2, 0.25) is 10.0 Å². The minimum absolute atomic E-state index is 0.00344. The van der Waals surface area contributed by atoms with Crippen LogP contribution in [-0.2, 0) is 66.3 Å². The Hall–Kier alpha value is -5.18. The summed E-state index contributed by atoms with van der Waals surface area (Å²) in [6, 6.07) is 28.1. The van der Waals surface area contributed by atoms with Gasteiger partial charge in [-0.3, -0.25) is 5.32 Å². The number of halogens is 2. The third-order valence-corrected chi connectivity index (χ3v) is 25.4. The Balaban J connectivity index is 0.791. The SMILES string of the molecule is CNc1nccc(CN(C2CCC(NCNc3nccc(CN(CC4CCCCC4)S(=O)(=O)c4ccc(S(=O)(=O)N(Cc5ccc(Cl)cc5)C5CCCC5)cc4)n3)CC2)S(=O)(=O)c2ccc(S(=O)(=O)N(Cc3ccc(Cl)cc3)C3CCCC3)cc2)n1. The molecule has 4 fully saturated rings. The fraction of sp³-hybridized carbons (Fsp3) is 0.475. The Kier molecular flexibility index (Phi) is 21.2. The second kappa shape index (κ2) is 28.5. The maximum absolute atomic E-state index is 14.8. The van der Waals surface area contributed by atoms with E-state index in [9.17, 15) is 33.7 Å². The fourth-order valence-corrected chi connectivity index (χ4v) is 19.3. The number of nitrogens with one attached hydrogen (secondary N) is 3. The molecule has 10 rings (SSSR count). The van der Waals surface area contributed by atoms with E-state index >= 15 is 0 Å². The summed E-state index contributed by atoms with van der Waals surface area (Å²) in [7, 11) is -14.7. The molecule has 2 aromatic heterocycles. The zero-order valence-electron chi connectivity index (χ0n) is 48.4. The second-order valence-electron chi connectivity index (χ2n) is 23.1. The summed E-state index contributed by atoms with van der Waals surface area (Å²) in [5.74, 6) is 0.800. The van der Waals surface area contributed by atoms with Crippen molar-refractivity contribution in [3.05, 3.63) is 154 Å². The van der Waals surface area contributed by atoms with E-state index in [1.165, 1.54) is 57.1 Å². The standard InChI is InChI=1S/C61H77Cl2N11O8S4/c1-64-60-65-37-36-52(69-60)43-74(86(81,82)59-33-31-58(32-34-59)85(79,80)73(54-13-7-8-14-54)41-47-17-21-49(63)22-18-47)55-25-23-50(24-26-55)67-44-68-61-66-38-35-51(70-61)42-71(39-45-9-3-2-4-10-45)83(75,76)56-27-29-57(30-28-56)84(77,78)72(53-11-5-6-12-53)40-46-15-19-48(62)20-16-46/h15-22,27-38,45,50,53-55,67H,2-14,23-26,39-44H2,1H3,(H,64,65,69)(H,66,68,70). The van der Waals surface area contributed by atoms with E-state index in [2.05, 4.69) is 30.9 Å². The molecule has 0 radical (unpaired) electrons. The van der Waals surface area contributed by atoms with Gasteiger partial charge in [0.2, 0.25) is 52.0 Å². The van der Waals surface area contributed by atoms with Gasteiger partial charge < -0.3 is 10.6 Å². The predicted octanol–water partition coefficient (Wildman–Crippen LogP) is 10.8. The van der Waals surface area contributed by atoms with Crippen molar-refractivity contribution in [2.75, 3.05) is 30.9 Å². The van der Waals surface area contributed by atoms with Gasteiger partial charge in [0.25, 0.3) is 0 Å². The molecule has 19 nitrogen and oxygen atoms in total. The predicted molar refractivity (Wildman–Crippen MR) is 334 cm³/mol. The molecule has 0 bridgehead atoms. The lowest BCUT2D eigenvalue weighted by Gasteiger charge is -2.36. The highest BCUT2D eigenvalue weighted by Crippen LogP contribution is 2.36. The number of hydrogen-bond donors (Lipinski definition) is 3. The summed E-state index contributed by atoms with van der Waals surface area (Å²) >= 11 is 12.3. The van der Waals surface area contributed by atoms with Gasteiger partial charge in [0.15, 0.2) is 0 Å². The summed E-state index contributed by atoms with van der Waals surface area (Å²) in [5.41, 5.74) is 2.60. The van der Waals surface area contributed by atoms with Gasteiger partial charge in [0, 0.05) is 73.3 Å². The van der Waals surface area contributed by atoms with Crippen LogP contribution in [0, 0.1) is 5.92 Å². The molecule has 86 heavy (non-hydrogen) atoms. The highest BCUT2D eigenvalue weighted by atomic mass is 35.5. The van der Waals surface area contributed by atoms with Gasteiger partial charge >= 0.3 is 0 Å². The summed E-state index contributed by atoms with van der Waals surface area (Å²) in [4.78, 5) is 18.0. The Bertz CT molecular complexity index is 3680. The van der Waals surface area contributed by atoms with Crippen LogP contribution < -0.4 is 16.0 Å². The Morgan fingerprint density at radius 3 is 1.30 bits per heavy atom. The lowest BCUT2D eigenvalue weighted by Crippen LogP contribution is -2.45. The zero-order valence-corrected chi connectivity index (χ0v) is 53.2. The van der Waals surface area contributed by atoms with Crippen LogP contribution in [0.15, 0.2) is 141 Å². The van der Waals surface area contributed by atoms with Gasteiger partial charge in [-0.05, 0) is 166 Å². The van der Waals surface area contributed by atoms with Gasteiger partial charge in [0.05, 0.1) is 50.7 Å². The molecule has 4 aliphatic carbocycles. The first-order valence-electron chi connectivity index (χ1n) is 29.9. The van der Waals surface area contributed by atoms with Gasteiger partial charge in [-0.15, -0.1) is 0 Å². The van der Waals surface area contributed by atoms with Crippen LogP contribution in [0.1, 0.15) is 132 Å². The number of anilines is 2. The zero-order chi connectivity index (χ0) is 60.5. The molecular formula is C61H77Cl2N11O8S4. The Morgan fingerprint density at radius 1 is 0.442 bits per heavy atom. The molecule has 3 N–H and O–H groups in total. The second-order valence-corrected chi connectivity index (χ2v) is 31.6. The van der Waals surface area contributed by atoms with E-state index in [-0.39, 0.29) is 83.0 Å². The highest BCUT2D eigenvalue weighted by Gasteiger charge is 2.39. The molecular weight excluding hydrogens is 1210 g/mol. The van der Waals surface area contributed by atoms with Crippen molar-refractivity contribution >= 4 is 75.2 Å². The molecule has 0 saturated heterocycles. The van der Waals surface area contributed by atoms with Crippen LogP contribution in [-0.4, -0.2) is 115 Å². The van der Waals surface area contributed by atoms with E-state index in [0.717, 1.165) is 94.6 Å². The largest absolute Gasteiger partial charge is 0.357 e. The summed E-state index contributed by atoms with van der Waals surface area (Å²) < 4.78 is 123. The first kappa shape index (κ1) is 63.8. The number of aromatic nitrogens is 4. The lowest BCUT2D eigenvalue weighted by atomic mass is 9.89. The van der Waals surface area contributed by atoms with Crippen molar-refractivity contribution in [2.45, 2.75) is 179 Å². The van der Waals surface area contributed by atoms with Crippen LogP contribution in [0.5, 0.6) is 0 Å². The third kappa shape index (κ3) is 15.6. The molecule has 0 aliphatic heterocycles. The summed E-state index contributed by atoms with van der Waals surface area (Å²) in [5, 5.41) is 10.8. The quantitative estimate of drug-likeness (QED) is 0.0428. The molecule has 0 unspecified atom stereocenters. The maximum atomic E-state index is 14.8. The van der Waals surface area contributed by atoms with Gasteiger partial charge in [-0.2, -0.15) is 17.2 Å². The van der Waals surface area contributed by atoms with E-state index in [1.807, 2.05) is 24.3 Å². The van der Waals surface area contributed by atoms with Crippen molar-refractivity contribution in [3.63, 3.8) is 0 Å². The normalized spacial score (nSPS) is 18.8. The van der Waals surface area contributed by atoms with E-state index in [0.29, 0.717) is 59.0 Å². The monoisotopic (exact) mass is 1290 g/mol. The molecule has 0 atom stereocenters. The molecule has 0 amide bonds. The minimum Gasteiger partial charge on any atom is -0.357 e. The first-order chi connectivity index (χ1) is 41.4. The summed E-state index contributed by atoms with van der Waals surface area (Å²) in [6.45, 7) is 0.846. The molecule has 4 saturated carbocycles. The number of sulfonamides is 4. The molecule has 25 heteroatoms. The van der Waals surface area contributed by atoms with Crippen molar-refractivity contribution in [3.8, 4) is 0 Å². The maximum Gasteiger partial charge on any atom is 0.243 e. The van der Waals surface area contributed by atoms with E-state index in [1.54, 1.807) is 64.4 Å². The highest BCUT2D eigenvalue weighted by molar-refractivity contribution is 7.90. The van der Waals surface area contributed by atoms with Crippen LogP contribution >= 0.6 is 23.2 Å². The topological polar surface area (TPSA) is 237 Å². The van der Waals surface area contributed by atoms with E-state index < -0.39 is 46.1 Å². The van der Waals surface area contributed by atoms with Crippen LogP contribution in [0.4, 0.5) is 11.9 Å². The van der Waals surface area contributed by atoms with Crippen LogP contribution in [0.25, 0.3) is 0 Å². The van der Waals surface area contributed by atoms with Gasteiger partial charge in [-0.25, -0.2) is 53.6 Å². The molecule has 4 aliphatic rings. The molecule has 0 spiro atoms. The Labute approximate surface area is 517 Å². The van der Waals surface area contributed by atoms with Crippen LogP contribution in [0.3, 0.4) is 0 Å². The first-order valence-corrected chi connectivity index (χ1v) is 36.4. The smallest absolute Gasteiger partial charge is 0.243 e. The average Bonchev–Trinajstić information content (AvgIpc) is 1.28. The molecule has 6 aromatic rings. The Morgan fingerprint density at radius 2 is 0.837 bits per heavy atom. The van der Waals surface area contributed by atoms with Crippen molar-refractivity contribution in [2.24, 2.45) is 5.92 Å². The number of nitrogens with zero attached hydrogens (tertiary/aromatic N) is 8. The molecule has 462 valence electrons. The number of benzene rings is 4. The molecule has 4 aromatic carbocycles. The van der Waals surface area contributed by atoms with Crippen molar-refractivity contribution < 1.29 is 33.7 Å². The number of rotatable bonds is 26. The number of hydrogen-bond acceptors (Lipinski definition) is 15. The van der Waals surface area contributed by atoms with Gasteiger partial charge in [-0.1, -0.05) is 92.4 Å². The van der Waals surface area contributed by atoms with Crippen molar-refractivity contribution in [1.29, 1.82) is 0 Å². The van der Waals surface area contributed by atoms with E-state index in [4.69, 9.17) is 28.2 Å². The minimum atomic E-state index is -4.19. The molecule has 2 heterocycles. The third-order valence-electron chi connectivity index (χ3n) is 17.3. The lowest BCUT2D eigenvalue weighted by molar-refractivity contribution is 0.221. The van der Waals surface area contributed by atoms with Gasteiger partial charge in [0.1, 0.15) is 0 Å². The average molecular weight is 1290 g/mol. The fourth-order valence-electron chi connectivity index (χ4n) is 12.5.